The first kappa shape index (κ1) is 22.8. The van der Waals surface area contributed by atoms with Gasteiger partial charge in [-0.2, -0.15) is 4.31 Å². The third kappa shape index (κ3) is 5.65. The zero-order chi connectivity index (χ0) is 22.6. The minimum absolute atomic E-state index is 0.0480. The van der Waals surface area contributed by atoms with Crippen molar-refractivity contribution in [2.45, 2.75) is 24.7 Å². The van der Waals surface area contributed by atoms with Crippen LogP contribution in [0.1, 0.15) is 18.4 Å². The van der Waals surface area contributed by atoms with E-state index in [0.29, 0.717) is 11.8 Å². The maximum absolute atomic E-state index is 13.9. The first-order valence-corrected chi connectivity index (χ1v) is 11.1. The first-order valence-electron chi connectivity index (χ1n) is 9.65. The fourth-order valence-corrected chi connectivity index (χ4v) is 4.78. The van der Waals surface area contributed by atoms with Crippen LogP contribution in [0, 0.1) is 24.5 Å². The zero-order valence-corrected chi connectivity index (χ0v) is 17.6. The third-order valence-electron chi connectivity index (χ3n) is 4.98. The van der Waals surface area contributed by atoms with E-state index in [9.17, 15) is 26.8 Å². The minimum atomic E-state index is -4.23. The number of hydrogen-bond acceptors (Lipinski definition) is 5. The van der Waals surface area contributed by atoms with Crippen molar-refractivity contribution in [1.29, 1.82) is 0 Å². The molecule has 0 saturated carbocycles. The lowest BCUT2D eigenvalue weighted by Crippen LogP contribution is -2.41. The summed E-state index contributed by atoms with van der Waals surface area (Å²) in [5.41, 5.74) is 1.62. The molecule has 1 amide bonds. The summed E-state index contributed by atoms with van der Waals surface area (Å²) in [6, 6.07) is 9.36. The van der Waals surface area contributed by atoms with Gasteiger partial charge in [0, 0.05) is 18.8 Å². The molecule has 2 aromatic rings. The SMILES string of the molecule is Cc1ccc(NC(=O)COC(=O)C2CCN(S(=O)(=O)c3cc(F)ccc3F)CC2)cc1. The molecule has 1 heterocycles. The third-order valence-corrected chi connectivity index (χ3v) is 6.89. The maximum Gasteiger partial charge on any atom is 0.309 e. The second-order valence-corrected chi connectivity index (χ2v) is 9.18. The van der Waals surface area contributed by atoms with E-state index in [2.05, 4.69) is 5.32 Å². The zero-order valence-electron chi connectivity index (χ0n) is 16.8. The predicted molar refractivity (Wildman–Crippen MR) is 109 cm³/mol. The highest BCUT2D eigenvalue weighted by Crippen LogP contribution is 2.26. The fraction of sp³-hybridized carbons (Fsp3) is 0.333. The molecule has 166 valence electrons. The number of halogens is 2. The van der Waals surface area contributed by atoms with E-state index >= 15 is 0 Å². The molecule has 0 radical (unpaired) electrons. The molecule has 3 rings (SSSR count). The van der Waals surface area contributed by atoms with Crippen molar-refractivity contribution in [3.8, 4) is 0 Å². The van der Waals surface area contributed by atoms with Crippen LogP contribution in [0.2, 0.25) is 0 Å². The molecule has 0 aromatic heterocycles. The van der Waals surface area contributed by atoms with Crippen molar-refractivity contribution in [2.24, 2.45) is 5.92 Å². The summed E-state index contributed by atoms with van der Waals surface area (Å²) in [5, 5.41) is 2.61. The van der Waals surface area contributed by atoms with Crippen molar-refractivity contribution >= 4 is 27.6 Å². The highest BCUT2D eigenvalue weighted by atomic mass is 32.2. The van der Waals surface area contributed by atoms with Gasteiger partial charge in [-0.1, -0.05) is 17.7 Å². The number of amides is 1. The van der Waals surface area contributed by atoms with Gasteiger partial charge in [0.15, 0.2) is 6.61 Å². The van der Waals surface area contributed by atoms with Gasteiger partial charge in [0.2, 0.25) is 10.0 Å². The topological polar surface area (TPSA) is 92.8 Å². The van der Waals surface area contributed by atoms with E-state index in [1.165, 1.54) is 0 Å². The van der Waals surface area contributed by atoms with E-state index in [-0.39, 0.29) is 25.9 Å². The number of carbonyl (C=O) groups is 2. The van der Waals surface area contributed by atoms with Gasteiger partial charge >= 0.3 is 5.97 Å². The maximum atomic E-state index is 13.9. The highest BCUT2D eigenvalue weighted by Gasteiger charge is 2.34. The van der Waals surface area contributed by atoms with Crippen molar-refractivity contribution in [3.05, 3.63) is 59.7 Å². The van der Waals surface area contributed by atoms with E-state index in [4.69, 9.17) is 4.74 Å². The Morgan fingerprint density at radius 2 is 1.74 bits per heavy atom. The number of benzene rings is 2. The first-order chi connectivity index (χ1) is 14.7. The molecule has 2 aromatic carbocycles. The van der Waals surface area contributed by atoms with Gasteiger partial charge < -0.3 is 10.1 Å². The second kappa shape index (κ2) is 9.52. The van der Waals surface area contributed by atoms with Gasteiger partial charge in [0.05, 0.1) is 5.92 Å². The Hall–Kier alpha value is -2.85. The average molecular weight is 452 g/mol. The number of esters is 1. The van der Waals surface area contributed by atoms with Crippen LogP contribution in [0.3, 0.4) is 0 Å². The Morgan fingerprint density at radius 1 is 1.10 bits per heavy atom. The number of piperidine rings is 1. The fourth-order valence-electron chi connectivity index (χ4n) is 3.23. The van der Waals surface area contributed by atoms with Gasteiger partial charge in [-0.25, -0.2) is 17.2 Å². The molecule has 31 heavy (non-hydrogen) atoms. The van der Waals surface area contributed by atoms with E-state index in [1.54, 1.807) is 12.1 Å². The largest absolute Gasteiger partial charge is 0.455 e. The monoisotopic (exact) mass is 452 g/mol. The minimum Gasteiger partial charge on any atom is -0.455 e. The molecule has 1 aliphatic rings. The van der Waals surface area contributed by atoms with Gasteiger partial charge in [-0.3, -0.25) is 9.59 Å². The summed E-state index contributed by atoms with van der Waals surface area (Å²) in [5.74, 6) is -3.58. The molecule has 7 nitrogen and oxygen atoms in total. The molecule has 0 aliphatic carbocycles. The smallest absolute Gasteiger partial charge is 0.309 e. The van der Waals surface area contributed by atoms with Crippen molar-refractivity contribution in [3.63, 3.8) is 0 Å². The van der Waals surface area contributed by atoms with Crippen LogP contribution in [0.15, 0.2) is 47.4 Å². The number of rotatable bonds is 6. The average Bonchev–Trinajstić information content (AvgIpc) is 2.75. The Kier molecular flexibility index (Phi) is 7.01. The Bertz CT molecular complexity index is 1070. The summed E-state index contributed by atoms with van der Waals surface area (Å²) in [6.45, 7) is 1.36. The molecule has 10 heteroatoms. The highest BCUT2D eigenvalue weighted by molar-refractivity contribution is 7.89. The lowest BCUT2D eigenvalue weighted by atomic mass is 9.98. The van der Waals surface area contributed by atoms with E-state index in [0.717, 1.165) is 22.0 Å². The number of nitrogens with one attached hydrogen (secondary N) is 1. The molecular weight excluding hydrogens is 430 g/mol. The molecule has 0 unspecified atom stereocenters. The Labute approximate surface area is 179 Å². The molecule has 0 atom stereocenters. The number of carbonyl (C=O) groups excluding carboxylic acids is 2. The molecule has 0 spiro atoms. The molecular formula is C21H22F2N2O5S. The molecule has 0 bridgehead atoms. The van der Waals surface area contributed by atoms with Crippen LogP contribution < -0.4 is 5.32 Å². The number of ether oxygens (including phenoxy) is 1. The van der Waals surface area contributed by atoms with Gasteiger partial charge in [-0.15, -0.1) is 0 Å². The molecule has 1 N–H and O–H groups in total. The van der Waals surface area contributed by atoms with Crippen LogP contribution in [0.5, 0.6) is 0 Å². The van der Waals surface area contributed by atoms with Crippen molar-refractivity contribution < 1.29 is 31.5 Å². The number of aryl methyl sites for hydroxylation is 1. The quantitative estimate of drug-likeness (QED) is 0.681. The summed E-state index contributed by atoms with van der Waals surface area (Å²) >= 11 is 0. The van der Waals surface area contributed by atoms with Gasteiger partial charge in [0.1, 0.15) is 16.5 Å². The van der Waals surface area contributed by atoms with Crippen LogP contribution in [-0.4, -0.2) is 44.3 Å². The van der Waals surface area contributed by atoms with Gasteiger partial charge in [-0.05, 0) is 50.1 Å². The van der Waals surface area contributed by atoms with E-state index < -0.39 is 51.0 Å². The van der Waals surface area contributed by atoms with Crippen LogP contribution in [0.4, 0.5) is 14.5 Å². The number of sulfonamides is 1. The standard InChI is InChI=1S/C21H22F2N2O5S/c1-14-2-5-17(6-3-14)24-20(26)13-30-21(27)15-8-10-25(11-9-15)31(28,29)19-12-16(22)4-7-18(19)23/h2-7,12,15H,8-11,13H2,1H3,(H,24,26). The Morgan fingerprint density at radius 3 is 2.39 bits per heavy atom. The normalized spacial score (nSPS) is 15.5. The molecule has 1 aliphatic heterocycles. The van der Waals surface area contributed by atoms with Crippen LogP contribution in [-0.2, 0) is 24.3 Å². The van der Waals surface area contributed by atoms with Gasteiger partial charge in [0.25, 0.3) is 5.91 Å². The van der Waals surface area contributed by atoms with Crippen LogP contribution in [0.25, 0.3) is 0 Å². The molecule has 1 saturated heterocycles. The van der Waals surface area contributed by atoms with E-state index in [1.807, 2.05) is 19.1 Å². The summed E-state index contributed by atoms with van der Waals surface area (Å²) in [6.07, 6.45) is 0.295. The Balaban J connectivity index is 1.50. The summed E-state index contributed by atoms with van der Waals surface area (Å²) in [7, 11) is -4.23. The van der Waals surface area contributed by atoms with Crippen molar-refractivity contribution in [2.75, 3.05) is 25.0 Å². The lowest BCUT2D eigenvalue weighted by Gasteiger charge is -2.30. The number of nitrogens with zero attached hydrogens (tertiary/aromatic N) is 1. The second-order valence-electron chi connectivity index (χ2n) is 7.28. The van der Waals surface area contributed by atoms with Crippen LogP contribution >= 0.6 is 0 Å². The number of hydrogen-bond donors (Lipinski definition) is 1. The summed E-state index contributed by atoms with van der Waals surface area (Å²) < 4.78 is 58.5. The lowest BCUT2D eigenvalue weighted by molar-refractivity contribution is -0.152. The predicted octanol–water partition coefficient (Wildman–Crippen LogP) is 2.86. The van der Waals surface area contributed by atoms with Crippen molar-refractivity contribution in [1.82, 2.24) is 4.31 Å². The summed E-state index contributed by atoms with van der Waals surface area (Å²) in [4.78, 5) is 23.5. The molecule has 1 fully saturated rings. The number of anilines is 1.